The average molecular weight is 267 g/mol. The third kappa shape index (κ3) is 3.16. The molecule has 0 unspecified atom stereocenters. The molecule has 0 saturated carbocycles. The molecule has 1 fully saturated rings. The number of benzene rings is 1. The van der Waals surface area contributed by atoms with Crippen molar-refractivity contribution in [3.05, 3.63) is 29.3 Å². The highest BCUT2D eigenvalue weighted by Gasteiger charge is 2.25. The number of nitrogens with zero attached hydrogens (tertiary/aromatic N) is 1. The van der Waals surface area contributed by atoms with E-state index < -0.39 is 0 Å². The molecule has 2 amide bonds. The predicted molar refractivity (Wildman–Crippen MR) is 75.1 cm³/mol. The van der Waals surface area contributed by atoms with Crippen LogP contribution in [0, 0.1) is 0 Å². The molecular formula is C14H19ClN2O. The van der Waals surface area contributed by atoms with E-state index in [-0.39, 0.29) is 6.03 Å². The third-order valence-corrected chi connectivity index (χ3v) is 3.67. The van der Waals surface area contributed by atoms with Crippen LogP contribution >= 0.6 is 11.6 Å². The van der Waals surface area contributed by atoms with Gasteiger partial charge in [0, 0.05) is 23.3 Å². The van der Waals surface area contributed by atoms with Crippen LogP contribution in [0.3, 0.4) is 0 Å². The first-order chi connectivity index (χ1) is 8.70. The summed E-state index contributed by atoms with van der Waals surface area (Å²) in [5, 5.41) is 3.56. The summed E-state index contributed by atoms with van der Waals surface area (Å²) in [4.78, 5) is 14.2. The number of anilines is 1. The minimum atomic E-state index is -0.0104. The van der Waals surface area contributed by atoms with E-state index in [1.165, 1.54) is 6.42 Å². The van der Waals surface area contributed by atoms with Gasteiger partial charge in [0.15, 0.2) is 0 Å². The fourth-order valence-electron chi connectivity index (χ4n) is 2.45. The molecule has 3 nitrogen and oxygen atoms in total. The molecule has 0 aromatic heterocycles. The number of hydrogen-bond donors (Lipinski definition) is 1. The van der Waals surface area contributed by atoms with Crippen LogP contribution in [0.25, 0.3) is 0 Å². The van der Waals surface area contributed by atoms with Crippen LogP contribution in [0.5, 0.6) is 0 Å². The number of amides is 2. The van der Waals surface area contributed by atoms with Crippen molar-refractivity contribution in [2.75, 3.05) is 11.9 Å². The zero-order chi connectivity index (χ0) is 13.0. The van der Waals surface area contributed by atoms with Crippen molar-refractivity contribution in [1.82, 2.24) is 4.90 Å². The number of hydrogen-bond acceptors (Lipinski definition) is 1. The molecule has 1 atom stereocenters. The Morgan fingerprint density at radius 1 is 1.50 bits per heavy atom. The second-order valence-corrected chi connectivity index (χ2v) is 5.13. The highest BCUT2D eigenvalue weighted by Crippen LogP contribution is 2.21. The van der Waals surface area contributed by atoms with Gasteiger partial charge in [-0.1, -0.05) is 24.6 Å². The summed E-state index contributed by atoms with van der Waals surface area (Å²) < 4.78 is 0. The summed E-state index contributed by atoms with van der Waals surface area (Å²) in [5.41, 5.74) is 0.757. The second kappa shape index (κ2) is 6.10. The predicted octanol–water partition coefficient (Wildman–Crippen LogP) is 4.14. The van der Waals surface area contributed by atoms with Crippen LogP contribution in [0.15, 0.2) is 24.3 Å². The number of rotatable bonds is 2. The molecule has 0 radical (unpaired) electrons. The standard InChI is InChI=1S/C14H19ClN2O/c1-2-13-8-3-4-9-17(13)14(18)16-12-7-5-6-11(15)10-12/h5-7,10,13H,2-4,8-9H2,1H3,(H,16,18)/t13-/m0/s1. The molecular weight excluding hydrogens is 248 g/mol. The van der Waals surface area contributed by atoms with Crippen LogP contribution in [0.4, 0.5) is 10.5 Å². The van der Waals surface area contributed by atoms with Crippen LogP contribution in [-0.4, -0.2) is 23.5 Å². The number of carbonyl (C=O) groups excluding carboxylic acids is 1. The number of likely N-dealkylation sites (tertiary alicyclic amines) is 1. The molecule has 1 heterocycles. The summed E-state index contributed by atoms with van der Waals surface area (Å²) in [7, 11) is 0. The van der Waals surface area contributed by atoms with Crippen molar-refractivity contribution < 1.29 is 4.79 Å². The number of halogens is 1. The molecule has 1 N–H and O–H groups in total. The van der Waals surface area contributed by atoms with Crippen molar-refractivity contribution in [3.63, 3.8) is 0 Å². The normalized spacial score (nSPS) is 19.7. The Balaban J connectivity index is 2.02. The van der Waals surface area contributed by atoms with Crippen molar-refractivity contribution in [1.29, 1.82) is 0 Å². The van der Waals surface area contributed by atoms with E-state index in [1.807, 2.05) is 17.0 Å². The molecule has 0 bridgehead atoms. The molecule has 1 aromatic rings. The molecule has 1 saturated heterocycles. The lowest BCUT2D eigenvalue weighted by Gasteiger charge is -2.35. The van der Waals surface area contributed by atoms with Crippen molar-refractivity contribution in [2.45, 2.75) is 38.6 Å². The van der Waals surface area contributed by atoms with Gasteiger partial charge in [-0.05, 0) is 43.9 Å². The van der Waals surface area contributed by atoms with Crippen LogP contribution < -0.4 is 5.32 Å². The summed E-state index contributed by atoms with van der Waals surface area (Å²) in [6, 6.07) is 7.62. The maximum absolute atomic E-state index is 12.2. The monoisotopic (exact) mass is 266 g/mol. The summed E-state index contributed by atoms with van der Waals surface area (Å²) >= 11 is 5.91. The molecule has 0 aliphatic carbocycles. The highest BCUT2D eigenvalue weighted by molar-refractivity contribution is 6.30. The van der Waals surface area contributed by atoms with Gasteiger partial charge < -0.3 is 10.2 Å². The van der Waals surface area contributed by atoms with E-state index in [9.17, 15) is 4.79 Å². The molecule has 1 aromatic carbocycles. The van der Waals surface area contributed by atoms with E-state index in [0.29, 0.717) is 11.1 Å². The number of nitrogens with one attached hydrogen (secondary N) is 1. The third-order valence-electron chi connectivity index (χ3n) is 3.44. The van der Waals surface area contributed by atoms with Gasteiger partial charge >= 0.3 is 6.03 Å². The van der Waals surface area contributed by atoms with Gasteiger partial charge in [0.05, 0.1) is 0 Å². The lowest BCUT2D eigenvalue weighted by atomic mass is 10.0. The van der Waals surface area contributed by atoms with Crippen LogP contribution in [0.2, 0.25) is 5.02 Å². The average Bonchev–Trinajstić information content (AvgIpc) is 2.38. The Morgan fingerprint density at radius 2 is 2.33 bits per heavy atom. The number of piperidine rings is 1. The smallest absolute Gasteiger partial charge is 0.322 e. The van der Waals surface area contributed by atoms with E-state index in [0.717, 1.165) is 31.5 Å². The summed E-state index contributed by atoms with van der Waals surface area (Å²) in [6.45, 7) is 2.99. The minimum Gasteiger partial charge on any atom is -0.322 e. The first-order valence-corrected chi connectivity index (χ1v) is 6.91. The van der Waals surface area contributed by atoms with E-state index in [4.69, 9.17) is 11.6 Å². The van der Waals surface area contributed by atoms with Gasteiger partial charge in [-0.15, -0.1) is 0 Å². The number of carbonyl (C=O) groups is 1. The zero-order valence-corrected chi connectivity index (χ0v) is 11.4. The van der Waals surface area contributed by atoms with Crippen LogP contribution in [-0.2, 0) is 0 Å². The topological polar surface area (TPSA) is 32.3 Å². The Kier molecular flexibility index (Phi) is 4.48. The lowest BCUT2D eigenvalue weighted by Crippen LogP contribution is -2.45. The van der Waals surface area contributed by atoms with Gasteiger partial charge in [0.25, 0.3) is 0 Å². The fraction of sp³-hybridized carbons (Fsp3) is 0.500. The van der Waals surface area contributed by atoms with E-state index in [1.54, 1.807) is 12.1 Å². The molecule has 1 aliphatic heterocycles. The van der Waals surface area contributed by atoms with Gasteiger partial charge in [0.2, 0.25) is 0 Å². The molecule has 0 spiro atoms. The zero-order valence-electron chi connectivity index (χ0n) is 10.7. The lowest BCUT2D eigenvalue weighted by molar-refractivity contribution is 0.160. The second-order valence-electron chi connectivity index (χ2n) is 4.69. The molecule has 18 heavy (non-hydrogen) atoms. The Morgan fingerprint density at radius 3 is 3.06 bits per heavy atom. The van der Waals surface area contributed by atoms with E-state index in [2.05, 4.69) is 12.2 Å². The fourth-order valence-corrected chi connectivity index (χ4v) is 2.64. The first-order valence-electron chi connectivity index (χ1n) is 6.54. The maximum Gasteiger partial charge on any atom is 0.322 e. The first kappa shape index (κ1) is 13.2. The molecule has 4 heteroatoms. The largest absolute Gasteiger partial charge is 0.322 e. The highest BCUT2D eigenvalue weighted by atomic mass is 35.5. The Labute approximate surface area is 113 Å². The van der Waals surface area contributed by atoms with Crippen molar-refractivity contribution in [3.8, 4) is 0 Å². The number of urea groups is 1. The van der Waals surface area contributed by atoms with Crippen molar-refractivity contribution >= 4 is 23.3 Å². The van der Waals surface area contributed by atoms with Gasteiger partial charge in [-0.2, -0.15) is 0 Å². The van der Waals surface area contributed by atoms with E-state index >= 15 is 0 Å². The maximum atomic E-state index is 12.2. The van der Waals surface area contributed by atoms with Crippen molar-refractivity contribution in [2.24, 2.45) is 0 Å². The Hall–Kier alpha value is -1.22. The molecule has 2 rings (SSSR count). The Bertz CT molecular complexity index is 422. The van der Waals surface area contributed by atoms with Gasteiger partial charge in [0.1, 0.15) is 0 Å². The van der Waals surface area contributed by atoms with Gasteiger partial charge in [-0.3, -0.25) is 0 Å². The SMILES string of the molecule is CC[C@H]1CCCCN1C(=O)Nc1cccc(Cl)c1. The minimum absolute atomic E-state index is 0.0104. The van der Waals surface area contributed by atoms with Crippen LogP contribution in [0.1, 0.15) is 32.6 Å². The summed E-state index contributed by atoms with van der Waals surface area (Å²) in [6.07, 6.45) is 4.45. The summed E-state index contributed by atoms with van der Waals surface area (Å²) in [5.74, 6) is 0. The van der Waals surface area contributed by atoms with Gasteiger partial charge in [-0.25, -0.2) is 4.79 Å². The molecule has 98 valence electrons. The quantitative estimate of drug-likeness (QED) is 0.857. The molecule has 1 aliphatic rings.